The summed E-state index contributed by atoms with van der Waals surface area (Å²) < 4.78 is 0. The van der Waals surface area contributed by atoms with Crippen molar-refractivity contribution in [3.8, 4) is 0 Å². The van der Waals surface area contributed by atoms with E-state index in [1.54, 1.807) is 0 Å². The first-order chi connectivity index (χ1) is 8.49. The van der Waals surface area contributed by atoms with Crippen molar-refractivity contribution in [1.82, 2.24) is 5.32 Å². The van der Waals surface area contributed by atoms with Gasteiger partial charge in [0.15, 0.2) is 0 Å². The number of aliphatic hydroxyl groups is 1. The van der Waals surface area contributed by atoms with Gasteiger partial charge in [-0.3, -0.25) is 14.9 Å². The summed E-state index contributed by atoms with van der Waals surface area (Å²) >= 11 is 5.64. The number of halogens is 1. The Morgan fingerprint density at radius 2 is 2.28 bits per heavy atom. The Kier molecular flexibility index (Phi) is 5.06. The highest BCUT2D eigenvalue weighted by Crippen LogP contribution is 2.25. The number of nitrogens with zero attached hydrogens (tertiary/aromatic N) is 1. The van der Waals surface area contributed by atoms with Crippen LogP contribution in [0, 0.1) is 10.1 Å². The van der Waals surface area contributed by atoms with Gasteiger partial charge in [0.2, 0.25) is 0 Å². The van der Waals surface area contributed by atoms with E-state index in [1.807, 2.05) is 6.92 Å². The summed E-state index contributed by atoms with van der Waals surface area (Å²) in [6, 6.07) is 3.44. The van der Waals surface area contributed by atoms with Crippen molar-refractivity contribution in [3.05, 3.63) is 38.9 Å². The van der Waals surface area contributed by atoms with Crippen LogP contribution < -0.4 is 5.32 Å². The molecule has 1 amide bonds. The number of carbonyl (C=O) groups is 1. The second kappa shape index (κ2) is 6.32. The molecule has 0 saturated heterocycles. The number of benzene rings is 1. The Balaban J connectivity index is 2.93. The Bertz CT molecular complexity index is 460. The van der Waals surface area contributed by atoms with E-state index in [2.05, 4.69) is 5.32 Å². The number of aliphatic hydroxyl groups excluding tert-OH is 1. The topological polar surface area (TPSA) is 92.5 Å². The van der Waals surface area contributed by atoms with Crippen molar-refractivity contribution in [2.24, 2.45) is 0 Å². The first kappa shape index (κ1) is 14.4. The van der Waals surface area contributed by atoms with E-state index in [4.69, 9.17) is 16.7 Å². The Morgan fingerprint density at radius 1 is 1.61 bits per heavy atom. The number of nitrogens with one attached hydrogen (secondary N) is 1. The van der Waals surface area contributed by atoms with Crippen LogP contribution in [0.4, 0.5) is 5.69 Å². The van der Waals surface area contributed by atoms with Crippen molar-refractivity contribution in [1.29, 1.82) is 0 Å². The molecule has 7 heteroatoms. The van der Waals surface area contributed by atoms with Crippen LogP contribution in [0.5, 0.6) is 0 Å². The van der Waals surface area contributed by atoms with E-state index in [9.17, 15) is 14.9 Å². The maximum absolute atomic E-state index is 11.8. The second-order valence-corrected chi connectivity index (χ2v) is 4.09. The number of hydrogen-bond acceptors (Lipinski definition) is 4. The molecule has 98 valence electrons. The minimum atomic E-state index is -0.650. The number of rotatable bonds is 5. The summed E-state index contributed by atoms with van der Waals surface area (Å²) in [6.07, 6.45) is 0.567. The third-order valence-electron chi connectivity index (χ3n) is 2.45. The van der Waals surface area contributed by atoms with Gasteiger partial charge < -0.3 is 10.4 Å². The van der Waals surface area contributed by atoms with E-state index in [-0.39, 0.29) is 28.9 Å². The second-order valence-electron chi connectivity index (χ2n) is 3.68. The van der Waals surface area contributed by atoms with Gasteiger partial charge in [0.25, 0.3) is 11.6 Å². The molecule has 1 aromatic carbocycles. The maximum Gasteiger partial charge on any atom is 0.288 e. The smallest absolute Gasteiger partial charge is 0.288 e. The third-order valence-corrected chi connectivity index (χ3v) is 2.77. The highest BCUT2D eigenvalue weighted by atomic mass is 35.5. The zero-order valence-electron chi connectivity index (χ0n) is 9.72. The average Bonchev–Trinajstić information content (AvgIpc) is 2.35. The quantitative estimate of drug-likeness (QED) is 0.631. The molecule has 18 heavy (non-hydrogen) atoms. The van der Waals surface area contributed by atoms with Crippen LogP contribution in [0.3, 0.4) is 0 Å². The lowest BCUT2D eigenvalue weighted by atomic mass is 10.1. The van der Waals surface area contributed by atoms with Crippen LogP contribution in [-0.2, 0) is 0 Å². The summed E-state index contributed by atoms with van der Waals surface area (Å²) in [7, 11) is 0. The van der Waals surface area contributed by atoms with E-state index >= 15 is 0 Å². The molecule has 0 aliphatic heterocycles. The summed E-state index contributed by atoms with van der Waals surface area (Å²) in [4.78, 5) is 21.8. The van der Waals surface area contributed by atoms with Crippen LogP contribution >= 0.6 is 11.6 Å². The van der Waals surface area contributed by atoms with Crippen molar-refractivity contribution in [2.75, 3.05) is 6.61 Å². The molecule has 1 rings (SSSR count). The lowest BCUT2D eigenvalue weighted by molar-refractivity contribution is -0.384. The Labute approximate surface area is 109 Å². The first-order valence-electron chi connectivity index (χ1n) is 5.35. The molecule has 1 aromatic rings. The van der Waals surface area contributed by atoms with Crippen molar-refractivity contribution >= 4 is 23.2 Å². The lowest BCUT2D eigenvalue weighted by Gasteiger charge is -2.13. The molecule has 0 radical (unpaired) electrons. The minimum absolute atomic E-state index is 0.0225. The average molecular weight is 273 g/mol. The van der Waals surface area contributed by atoms with E-state index in [1.165, 1.54) is 12.1 Å². The first-order valence-corrected chi connectivity index (χ1v) is 5.73. The third kappa shape index (κ3) is 3.41. The molecule has 2 N–H and O–H groups in total. The molecule has 0 bridgehead atoms. The summed E-state index contributed by atoms with van der Waals surface area (Å²) in [5.41, 5.74) is -0.181. The molecule has 1 atom stereocenters. The van der Waals surface area contributed by atoms with Gasteiger partial charge in [-0.25, -0.2) is 0 Å². The molecule has 0 unspecified atom stereocenters. The maximum atomic E-state index is 11.8. The van der Waals surface area contributed by atoms with Gasteiger partial charge in [-0.05, 0) is 18.6 Å². The standard InChI is InChI=1S/C11H13ClN2O4/c1-2-8(6-15)13-11(16)7-3-4-9(12)10(5-7)14(17)18/h3-5,8,15H,2,6H2,1H3,(H,13,16)/t8-/m0/s1. The minimum Gasteiger partial charge on any atom is -0.394 e. The summed E-state index contributed by atoms with van der Waals surface area (Å²) in [5, 5.41) is 22.2. The Hall–Kier alpha value is -1.66. The number of carbonyl (C=O) groups excluding carboxylic acids is 1. The van der Waals surface area contributed by atoms with Crippen LogP contribution in [0.2, 0.25) is 5.02 Å². The molecular formula is C11H13ClN2O4. The largest absolute Gasteiger partial charge is 0.394 e. The fraction of sp³-hybridized carbons (Fsp3) is 0.364. The molecule has 0 spiro atoms. The van der Waals surface area contributed by atoms with Crippen LogP contribution in [0.15, 0.2) is 18.2 Å². The SMILES string of the molecule is CC[C@@H](CO)NC(=O)c1ccc(Cl)c([N+](=O)[O-])c1. The highest BCUT2D eigenvalue weighted by Gasteiger charge is 2.17. The number of amides is 1. The van der Waals surface area contributed by atoms with Crippen LogP contribution in [0.25, 0.3) is 0 Å². The summed E-state index contributed by atoms with van der Waals surface area (Å²) in [5.74, 6) is -0.476. The van der Waals surface area contributed by atoms with Gasteiger partial charge in [-0.15, -0.1) is 0 Å². The number of hydrogen-bond donors (Lipinski definition) is 2. The fourth-order valence-corrected chi connectivity index (χ4v) is 1.53. The number of nitro groups is 1. The predicted octanol–water partition coefficient (Wildman–Crippen LogP) is 1.75. The molecule has 0 aromatic heterocycles. The van der Waals surface area contributed by atoms with Gasteiger partial charge in [0, 0.05) is 11.6 Å². The molecule has 6 nitrogen and oxygen atoms in total. The van der Waals surface area contributed by atoms with Gasteiger partial charge in [-0.1, -0.05) is 18.5 Å². The molecular weight excluding hydrogens is 260 g/mol. The van der Waals surface area contributed by atoms with Crippen molar-refractivity contribution < 1.29 is 14.8 Å². The molecule has 0 saturated carbocycles. The number of nitro benzene ring substituents is 1. The normalized spacial score (nSPS) is 11.9. The molecule has 0 heterocycles. The molecule has 0 aliphatic rings. The van der Waals surface area contributed by atoms with Crippen molar-refractivity contribution in [3.63, 3.8) is 0 Å². The molecule has 0 aliphatic carbocycles. The van der Waals surface area contributed by atoms with Gasteiger partial charge in [0.05, 0.1) is 17.6 Å². The monoisotopic (exact) mass is 272 g/mol. The fourth-order valence-electron chi connectivity index (χ4n) is 1.34. The van der Waals surface area contributed by atoms with Gasteiger partial charge in [-0.2, -0.15) is 0 Å². The zero-order chi connectivity index (χ0) is 13.7. The highest BCUT2D eigenvalue weighted by molar-refractivity contribution is 6.32. The predicted molar refractivity (Wildman–Crippen MR) is 66.7 cm³/mol. The lowest BCUT2D eigenvalue weighted by Crippen LogP contribution is -2.36. The van der Waals surface area contributed by atoms with E-state index in [0.29, 0.717) is 6.42 Å². The van der Waals surface area contributed by atoms with Crippen molar-refractivity contribution in [2.45, 2.75) is 19.4 Å². The molecule has 0 fully saturated rings. The zero-order valence-corrected chi connectivity index (χ0v) is 10.5. The summed E-state index contributed by atoms with van der Waals surface area (Å²) in [6.45, 7) is 1.63. The van der Waals surface area contributed by atoms with Crippen LogP contribution in [-0.4, -0.2) is 28.6 Å². The van der Waals surface area contributed by atoms with E-state index in [0.717, 1.165) is 6.07 Å². The van der Waals surface area contributed by atoms with Crippen LogP contribution in [0.1, 0.15) is 23.7 Å². The van der Waals surface area contributed by atoms with Gasteiger partial charge >= 0.3 is 0 Å². The van der Waals surface area contributed by atoms with E-state index < -0.39 is 10.8 Å². The Morgan fingerprint density at radius 3 is 2.78 bits per heavy atom. The van der Waals surface area contributed by atoms with Gasteiger partial charge in [0.1, 0.15) is 5.02 Å².